The first-order valence-electron chi connectivity index (χ1n) is 5.91. The van der Waals surface area contributed by atoms with Crippen LogP contribution in [-0.4, -0.2) is 18.2 Å². The van der Waals surface area contributed by atoms with E-state index in [0.717, 1.165) is 0 Å². The number of carbonyl (C=O) groups is 1. The van der Waals surface area contributed by atoms with Gasteiger partial charge < -0.3 is 19.6 Å². The maximum atomic E-state index is 13.5. The number of nitrogens with one attached hydrogen (secondary N) is 1. The molecule has 1 aromatic heterocycles. The summed E-state index contributed by atoms with van der Waals surface area (Å²) in [6, 6.07) is 5.92. The standard InChI is InChI=1S/C14H14FNO4/c1-8-11(14(17)18)6-10(20-8)7-16-9-3-4-13(19-2)12(15)5-9/h3-6,16H,7H2,1-2H3,(H,17,18). The largest absolute Gasteiger partial charge is 0.494 e. The molecule has 1 aromatic carbocycles. The predicted octanol–water partition coefficient (Wildman–Crippen LogP) is 3.05. The lowest BCUT2D eigenvalue weighted by Gasteiger charge is -2.06. The van der Waals surface area contributed by atoms with Gasteiger partial charge in [-0.15, -0.1) is 0 Å². The Balaban J connectivity index is 2.07. The molecule has 0 aliphatic heterocycles. The minimum atomic E-state index is -1.03. The van der Waals surface area contributed by atoms with Crippen molar-refractivity contribution in [3.8, 4) is 5.75 Å². The van der Waals surface area contributed by atoms with Crippen LogP contribution in [0.3, 0.4) is 0 Å². The first-order chi connectivity index (χ1) is 9.51. The second-order valence-corrected chi connectivity index (χ2v) is 4.19. The van der Waals surface area contributed by atoms with Crippen molar-refractivity contribution in [3.63, 3.8) is 0 Å². The molecule has 0 amide bonds. The normalized spacial score (nSPS) is 10.3. The second-order valence-electron chi connectivity index (χ2n) is 4.19. The number of hydrogen-bond donors (Lipinski definition) is 2. The number of ether oxygens (including phenoxy) is 1. The third-order valence-corrected chi connectivity index (χ3v) is 2.82. The molecule has 0 atom stereocenters. The molecule has 1 heterocycles. The highest BCUT2D eigenvalue weighted by molar-refractivity contribution is 5.88. The number of aromatic carboxylic acids is 1. The van der Waals surface area contributed by atoms with E-state index in [0.29, 0.717) is 17.2 Å². The van der Waals surface area contributed by atoms with E-state index in [4.69, 9.17) is 14.3 Å². The van der Waals surface area contributed by atoms with Crippen LogP contribution in [0.25, 0.3) is 0 Å². The van der Waals surface area contributed by atoms with E-state index in [9.17, 15) is 9.18 Å². The Labute approximate surface area is 115 Å². The first kappa shape index (κ1) is 13.9. The molecule has 20 heavy (non-hydrogen) atoms. The highest BCUT2D eigenvalue weighted by Crippen LogP contribution is 2.22. The SMILES string of the molecule is COc1ccc(NCc2cc(C(=O)O)c(C)o2)cc1F. The van der Waals surface area contributed by atoms with Crippen LogP contribution >= 0.6 is 0 Å². The number of methoxy groups -OCH3 is 1. The predicted molar refractivity (Wildman–Crippen MR) is 70.7 cm³/mol. The third-order valence-electron chi connectivity index (χ3n) is 2.82. The van der Waals surface area contributed by atoms with Crippen LogP contribution in [0.1, 0.15) is 21.9 Å². The lowest BCUT2D eigenvalue weighted by molar-refractivity contribution is 0.0695. The number of benzene rings is 1. The maximum absolute atomic E-state index is 13.5. The molecule has 0 saturated carbocycles. The molecule has 6 heteroatoms. The van der Waals surface area contributed by atoms with E-state index in [2.05, 4.69) is 5.32 Å². The Hall–Kier alpha value is -2.50. The minimum absolute atomic E-state index is 0.128. The van der Waals surface area contributed by atoms with Gasteiger partial charge in [-0.1, -0.05) is 0 Å². The Kier molecular flexibility index (Phi) is 3.93. The number of anilines is 1. The van der Waals surface area contributed by atoms with Gasteiger partial charge >= 0.3 is 5.97 Å². The molecular weight excluding hydrogens is 265 g/mol. The molecule has 0 aliphatic carbocycles. The van der Waals surface area contributed by atoms with Crippen LogP contribution in [0.5, 0.6) is 5.75 Å². The Morgan fingerprint density at radius 1 is 1.45 bits per heavy atom. The van der Waals surface area contributed by atoms with E-state index in [1.807, 2.05) is 0 Å². The number of aryl methyl sites for hydroxylation is 1. The molecule has 106 valence electrons. The summed E-state index contributed by atoms with van der Waals surface area (Å²) in [5.41, 5.74) is 0.678. The van der Waals surface area contributed by atoms with Gasteiger partial charge in [-0.25, -0.2) is 9.18 Å². The monoisotopic (exact) mass is 279 g/mol. The van der Waals surface area contributed by atoms with Crippen LogP contribution in [0.15, 0.2) is 28.7 Å². The van der Waals surface area contributed by atoms with E-state index < -0.39 is 11.8 Å². The van der Waals surface area contributed by atoms with Crippen molar-refractivity contribution in [2.24, 2.45) is 0 Å². The van der Waals surface area contributed by atoms with Crippen molar-refractivity contribution in [2.45, 2.75) is 13.5 Å². The van der Waals surface area contributed by atoms with Crippen LogP contribution in [0.4, 0.5) is 10.1 Å². The summed E-state index contributed by atoms with van der Waals surface area (Å²) in [5, 5.41) is 11.9. The molecule has 0 unspecified atom stereocenters. The van der Waals surface area contributed by atoms with Crippen LogP contribution in [-0.2, 0) is 6.54 Å². The first-order valence-corrected chi connectivity index (χ1v) is 5.91. The van der Waals surface area contributed by atoms with Gasteiger partial charge in [0.2, 0.25) is 0 Å². The Morgan fingerprint density at radius 2 is 2.20 bits per heavy atom. The summed E-state index contributed by atoms with van der Waals surface area (Å²) in [6.45, 7) is 1.85. The molecular formula is C14H14FNO4. The van der Waals surface area contributed by atoms with Crippen LogP contribution in [0.2, 0.25) is 0 Å². The van der Waals surface area contributed by atoms with Crippen LogP contribution < -0.4 is 10.1 Å². The minimum Gasteiger partial charge on any atom is -0.494 e. The van der Waals surface area contributed by atoms with E-state index >= 15 is 0 Å². The van der Waals surface area contributed by atoms with Gasteiger partial charge in [-0.3, -0.25) is 0 Å². The fourth-order valence-electron chi connectivity index (χ4n) is 1.81. The van der Waals surface area contributed by atoms with Crippen molar-refractivity contribution in [3.05, 3.63) is 47.2 Å². The van der Waals surface area contributed by atoms with Crippen molar-refractivity contribution in [1.82, 2.24) is 0 Å². The highest BCUT2D eigenvalue weighted by Gasteiger charge is 2.13. The van der Waals surface area contributed by atoms with Crippen molar-refractivity contribution >= 4 is 11.7 Å². The lowest BCUT2D eigenvalue weighted by Crippen LogP contribution is -1.99. The summed E-state index contributed by atoms with van der Waals surface area (Å²) in [6.07, 6.45) is 0. The van der Waals surface area contributed by atoms with Gasteiger partial charge in [-0.05, 0) is 25.1 Å². The number of carboxylic acids is 1. The number of carboxylic acid groups (broad SMARTS) is 1. The van der Waals surface area contributed by atoms with Gasteiger partial charge in [0.05, 0.1) is 13.7 Å². The van der Waals surface area contributed by atoms with Crippen molar-refractivity contribution < 1.29 is 23.4 Å². The van der Waals surface area contributed by atoms with Gasteiger partial charge in [0.25, 0.3) is 0 Å². The molecule has 0 spiro atoms. The Bertz CT molecular complexity index is 636. The average Bonchev–Trinajstić information content (AvgIpc) is 2.78. The highest BCUT2D eigenvalue weighted by atomic mass is 19.1. The molecule has 0 radical (unpaired) electrons. The molecule has 0 bridgehead atoms. The molecule has 2 N–H and O–H groups in total. The summed E-state index contributed by atoms with van der Waals surface area (Å²) in [5.74, 6) is -0.531. The van der Waals surface area contributed by atoms with E-state index in [1.54, 1.807) is 13.0 Å². The van der Waals surface area contributed by atoms with Gasteiger partial charge in [0, 0.05) is 11.8 Å². The number of halogens is 1. The number of furan rings is 1. The fraction of sp³-hybridized carbons (Fsp3) is 0.214. The summed E-state index contributed by atoms with van der Waals surface area (Å²) in [7, 11) is 1.39. The van der Waals surface area contributed by atoms with E-state index in [1.165, 1.54) is 25.3 Å². The smallest absolute Gasteiger partial charge is 0.339 e. The zero-order valence-electron chi connectivity index (χ0n) is 11.1. The summed E-state index contributed by atoms with van der Waals surface area (Å²) in [4.78, 5) is 10.9. The quantitative estimate of drug-likeness (QED) is 0.880. The zero-order valence-corrected chi connectivity index (χ0v) is 11.1. The zero-order chi connectivity index (χ0) is 14.7. The molecule has 2 aromatic rings. The fourth-order valence-corrected chi connectivity index (χ4v) is 1.81. The average molecular weight is 279 g/mol. The van der Waals surface area contributed by atoms with Gasteiger partial charge in [-0.2, -0.15) is 0 Å². The van der Waals surface area contributed by atoms with E-state index in [-0.39, 0.29) is 17.9 Å². The lowest BCUT2D eigenvalue weighted by atomic mass is 10.2. The van der Waals surface area contributed by atoms with Crippen LogP contribution in [0, 0.1) is 12.7 Å². The summed E-state index contributed by atoms with van der Waals surface area (Å²) < 4.78 is 23.6. The van der Waals surface area contributed by atoms with Crippen molar-refractivity contribution in [1.29, 1.82) is 0 Å². The van der Waals surface area contributed by atoms with Crippen molar-refractivity contribution in [2.75, 3.05) is 12.4 Å². The molecule has 5 nitrogen and oxygen atoms in total. The summed E-state index contributed by atoms with van der Waals surface area (Å²) >= 11 is 0. The molecule has 0 fully saturated rings. The Morgan fingerprint density at radius 3 is 2.75 bits per heavy atom. The number of hydrogen-bond acceptors (Lipinski definition) is 4. The third kappa shape index (κ3) is 2.90. The van der Waals surface area contributed by atoms with Gasteiger partial charge in [0.1, 0.15) is 17.1 Å². The molecule has 0 saturated heterocycles. The van der Waals surface area contributed by atoms with Gasteiger partial charge in [0.15, 0.2) is 11.6 Å². The maximum Gasteiger partial charge on any atom is 0.339 e. The molecule has 0 aliphatic rings. The topological polar surface area (TPSA) is 71.7 Å². The number of rotatable bonds is 5. The second kappa shape index (κ2) is 5.64. The molecule has 2 rings (SSSR count).